The molecule has 3 nitrogen and oxygen atoms in total. The summed E-state index contributed by atoms with van der Waals surface area (Å²) < 4.78 is 4.54. The lowest BCUT2D eigenvalue weighted by Crippen LogP contribution is -2.13. The monoisotopic (exact) mass is 184 g/mol. The van der Waals surface area contributed by atoms with E-state index in [9.17, 15) is 9.59 Å². The highest BCUT2D eigenvalue weighted by Gasteiger charge is 2.38. The van der Waals surface area contributed by atoms with Crippen LogP contribution in [-0.2, 0) is 14.3 Å². The van der Waals surface area contributed by atoms with E-state index >= 15 is 0 Å². The molecule has 0 amide bonds. The van der Waals surface area contributed by atoms with Crippen LogP contribution in [0.1, 0.15) is 33.1 Å². The van der Waals surface area contributed by atoms with Gasteiger partial charge in [0.15, 0.2) is 0 Å². The van der Waals surface area contributed by atoms with E-state index < -0.39 is 0 Å². The van der Waals surface area contributed by atoms with Crippen molar-refractivity contribution in [2.24, 2.45) is 11.3 Å². The summed E-state index contributed by atoms with van der Waals surface area (Å²) in [6.45, 7) is 4.12. The van der Waals surface area contributed by atoms with E-state index in [-0.39, 0.29) is 29.5 Å². The second-order valence-corrected chi connectivity index (χ2v) is 4.49. The smallest absolute Gasteiger partial charge is 0.306 e. The molecule has 1 fully saturated rings. The molecule has 1 atom stereocenters. The van der Waals surface area contributed by atoms with Gasteiger partial charge in [-0.2, -0.15) is 0 Å². The Bertz CT molecular complexity index is 230. The molecule has 3 heteroatoms. The van der Waals surface area contributed by atoms with Gasteiger partial charge >= 0.3 is 5.97 Å². The molecule has 1 aliphatic carbocycles. The Kier molecular flexibility index (Phi) is 2.74. The Hall–Kier alpha value is -0.860. The Morgan fingerprint density at radius 1 is 1.62 bits per heavy atom. The number of ketones is 1. The minimum Gasteiger partial charge on any atom is -0.469 e. The number of carbonyl (C=O) groups excluding carboxylic acids is 2. The van der Waals surface area contributed by atoms with E-state index in [0.717, 1.165) is 6.42 Å². The molecular formula is C10H16O3. The van der Waals surface area contributed by atoms with Crippen LogP contribution in [0.4, 0.5) is 0 Å². The summed E-state index contributed by atoms with van der Waals surface area (Å²) in [5.41, 5.74) is 0.0652. The lowest BCUT2D eigenvalue weighted by Gasteiger charge is -2.14. The first-order valence-corrected chi connectivity index (χ1v) is 4.54. The zero-order chi connectivity index (χ0) is 10.1. The SMILES string of the molecule is COC(=O)CC1CC(C)(C)CC1=O. The standard InChI is InChI=1S/C10H16O3/c1-10(2)5-7(8(11)6-10)4-9(12)13-3/h7H,4-6H2,1-3H3. The summed E-state index contributed by atoms with van der Waals surface area (Å²) in [4.78, 5) is 22.4. The fourth-order valence-electron chi connectivity index (χ4n) is 1.94. The highest BCUT2D eigenvalue weighted by atomic mass is 16.5. The lowest BCUT2D eigenvalue weighted by atomic mass is 9.90. The molecule has 13 heavy (non-hydrogen) atoms. The Balaban J connectivity index is 2.54. The van der Waals surface area contributed by atoms with Crippen molar-refractivity contribution in [2.45, 2.75) is 33.1 Å². The van der Waals surface area contributed by atoms with Crippen molar-refractivity contribution >= 4 is 11.8 Å². The third-order valence-electron chi connectivity index (χ3n) is 2.55. The van der Waals surface area contributed by atoms with Crippen LogP contribution in [0, 0.1) is 11.3 Å². The summed E-state index contributed by atoms with van der Waals surface area (Å²) in [5, 5.41) is 0. The predicted molar refractivity (Wildman–Crippen MR) is 48.1 cm³/mol. The minimum absolute atomic E-state index is 0.0652. The number of hydrogen-bond donors (Lipinski definition) is 0. The molecule has 0 radical (unpaired) electrons. The lowest BCUT2D eigenvalue weighted by molar-refractivity contribution is -0.143. The number of rotatable bonds is 2. The van der Waals surface area contributed by atoms with Crippen LogP contribution in [0.5, 0.6) is 0 Å². The van der Waals surface area contributed by atoms with Gasteiger partial charge in [-0.15, -0.1) is 0 Å². The number of esters is 1. The fraction of sp³-hybridized carbons (Fsp3) is 0.800. The van der Waals surface area contributed by atoms with E-state index in [1.165, 1.54) is 7.11 Å². The first-order chi connectivity index (χ1) is 5.94. The van der Waals surface area contributed by atoms with Crippen LogP contribution in [0.2, 0.25) is 0 Å². The Morgan fingerprint density at radius 3 is 2.62 bits per heavy atom. The molecule has 0 aromatic rings. The van der Waals surface area contributed by atoms with Gasteiger partial charge in [0, 0.05) is 12.3 Å². The molecule has 0 N–H and O–H groups in total. The normalized spacial score (nSPS) is 26.1. The number of hydrogen-bond acceptors (Lipinski definition) is 3. The topological polar surface area (TPSA) is 43.4 Å². The molecular weight excluding hydrogens is 168 g/mol. The predicted octanol–water partition coefficient (Wildman–Crippen LogP) is 1.55. The number of Topliss-reactive ketones (excluding diaryl/α,β-unsaturated/α-hetero) is 1. The molecule has 74 valence electrons. The maximum atomic E-state index is 11.4. The summed E-state index contributed by atoms with van der Waals surface area (Å²) in [6, 6.07) is 0. The van der Waals surface area contributed by atoms with Crippen molar-refractivity contribution in [3.63, 3.8) is 0 Å². The summed E-state index contributed by atoms with van der Waals surface area (Å²) in [6.07, 6.45) is 1.65. The molecule has 0 spiro atoms. The van der Waals surface area contributed by atoms with Gasteiger partial charge in [0.1, 0.15) is 5.78 Å². The van der Waals surface area contributed by atoms with Crippen molar-refractivity contribution in [1.82, 2.24) is 0 Å². The van der Waals surface area contributed by atoms with Gasteiger partial charge < -0.3 is 4.74 Å². The fourth-order valence-corrected chi connectivity index (χ4v) is 1.94. The number of ether oxygens (including phenoxy) is 1. The van der Waals surface area contributed by atoms with Crippen molar-refractivity contribution < 1.29 is 14.3 Å². The minimum atomic E-state index is -0.281. The molecule has 0 aromatic heterocycles. The molecule has 0 saturated heterocycles. The average Bonchev–Trinajstić information content (AvgIpc) is 2.24. The zero-order valence-electron chi connectivity index (χ0n) is 8.42. The molecule has 1 rings (SSSR count). The second kappa shape index (κ2) is 3.48. The van der Waals surface area contributed by atoms with Gasteiger partial charge in [-0.05, 0) is 11.8 Å². The first-order valence-electron chi connectivity index (χ1n) is 4.54. The van der Waals surface area contributed by atoms with Crippen molar-refractivity contribution in [3.8, 4) is 0 Å². The quantitative estimate of drug-likeness (QED) is 0.611. The van der Waals surface area contributed by atoms with Gasteiger partial charge in [-0.3, -0.25) is 9.59 Å². The second-order valence-electron chi connectivity index (χ2n) is 4.49. The summed E-state index contributed by atoms with van der Waals surface area (Å²) in [7, 11) is 1.35. The van der Waals surface area contributed by atoms with Crippen LogP contribution in [0.25, 0.3) is 0 Å². The number of carbonyl (C=O) groups is 2. The first kappa shape index (κ1) is 10.2. The third kappa shape index (κ3) is 2.54. The van der Waals surface area contributed by atoms with Crippen LogP contribution in [0.15, 0.2) is 0 Å². The largest absolute Gasteiger partial charge is 0.469 e. The highest BCUT2D eigenvalue weighted by Crippen LogP contribution is 2.39. The molecule has 0 heterocycles. The van der Waals surface area contributed by atoms with E-state index in [2.05, 4.69) is 18.6 Å². The summed E-state index contributed by atoms with van der Waals surface area (Å²) in [5.74, 6) is -0.186. The molecule has 1 unspecified atom stereocenters. The average molecular weight is 184 g/mol. The van der Waals surface area contributed by atoms with E-state index in [1.54, 1.807) is 0 Å². The molecule has 0 bridgehead atoms. The third-order valence-corrected chi connectivity index (χ3v) is 2.55. The summed E-state index contributed by atoms with van der Waals surface area (Å²) >= 11 is 0. The van der Waals surface area contributed by atoms with Gasteiger partial charge in [0.25, 0.3) is 0 Å². The van der Waals surface area contributed by atoms with Gasteiger partial charge in [0.2, 0.25) is 0 Å². The van der Waals surface area contributed by atoms with E-state index in [0.29, 0.717) is 6.42 Å². The Morgan fingerprint density at radius 2 is 2.23 bits per heavy atom. The molecule has 1 aliphatic rings. The van der Waals surface area contributed by atoms with Gasteiger partial charge in [0.05, 0.1) is 13.5 Å². The highest BCUT2D eigenvalue weighted by molar-refractivity contribution is 5.87. The molecule has 0 aliphatic heterocycles. The van der Waals surface area contributed by atoms with Crippen molar-refractivity contribution in [3.05, 3.63) is 0 Å². The maximum absolute atomic E-state index is 11.4. The van der Waals surface area contributed by atoms with Crippen LogP contribution < -0.4 is 0 Å². The Labute approximate surface area is 78.5 Å². The van der Waals surface area contributed by atoms with Crippen molar-refractivity contribution in [1.29, 1.82) is 0 Å². The van der Waals surface area contributed by atoms with Crippen molar-refractivity contribution in [2.75, 3.05) is 7.11 Å². The van der Waals surface area contributed by atoms with Crippen LogP contribution in [0.3, 0.4) is 0 Å². The zero-order valence-corrected chi connectivity index (χ0v) is 8.42. The molecule has 1 saturated carbocycles. The number of methoxy groups -OCH3 is 1. The van der Waals surface area contributed by atoms with Gasteiger partial charge in [-0.1, -0.05) is 13.8 Å². The maximum Gasteiger partial charge on any atom is 0.306 e. The van der Waals surface area contributed by atoms with Crippen LogP contribution in [-0.4, -0.2) is 18.9 Å². The van der Waals surface area contributed by atoms with Crippen LogP contribution >= 0.6 is 0 Å². The molecule has 0 aromatic carbocycles. The van der Waals surface area contributed by atoms with E-state index in [4.69, 9.17) is 0 Å². The van der Waals surface area contributed by atoms with E-state index in [1.807, 2.05) is 0 Å². The van der Waals surface area contributed by atoms with Gasteiger partial charge in [-0.25, -0.2) is 0 Å².